The van der Waals surface area contributed by atoms with Gasteiger partial charge in [-0.05, 0) is 57.6 Å². The van der Waals surface area contributed by atoms with E-state index >= 15 is 0 Å². The normalized spacial score (nSPS) is 12.6. The first-order chi connectivity index (χ1) is 24.3. The lowest BCUT2D eigenvalue weighted by atomic mass is 9.81. The number of hydrogen-bond donors (Lipinski definition) is 2. The summed E-state index contributed by atoms with van der Waals surface area (Å²) in [6.45, 7) is 4.53. The Hall–Kier alpha value is -5.91. The summed E-state index contributed by atoms with van der Waals surface area (Å²) in [5.41, 5.74) is 13.2. The molecule has 240 valence electrons. The first-order valence-electron chi connectivity index (χ1n) is 16.7. The summed E-state index contributed by atoms with van der Waals surface area (Å²) in [4.78, 5) is 9.87. The van der Waals surface area contributed by atoms with Crippen molar-refractivity contribution in [2.45, 2.75) is 19.3 Å². The minimum atomic E-state index is -0.215. The molecule has 50 heavy (non-hydrogen) atoms. The number of thioether (sulfide) groups is 1. The van der Waals surface area contributed by atoms with Crippen LogP contribution in [0.2, 0.25) is 0 Å². The summed E-state index contributed by atoms with van der Waals surface area (Å²) < 4.78 is 0. The van der Waals surface area contributed by atoms with Crippen LogP contribution in [0.1, 0.15) is 36.1 Å². The Bertz CT molecular complexity index is 2340. The molecule has 0 bridgehead atoms. The highest BCUT2D eigenvalue weighted by Crippen LogP contribution is 2.50. The fourth-order valence-corrected chi connectivity index (χ4v) is 7.49. The lowest BCUT2D eigenvalue weighted by molar-refractivity contribution is 0.660. The van der Waals surface area contributed by atoms with E-state index in [1.165, 1.54) is 45.1 Å². The largest absolute Gasteiger partial charge is 0.293 e. The SMILES string of the molecule is CC1(C)c2cc(C(=N)SC(=N)c3cccc(-c4cc(-c5ccccc5)nc(-c5ccccc5)n4)c3)ccc2-c2ccc(-c3ccccc3)cc21. The molecule has 0 fully saturated rings. The molecule has 0 unspecified atom stereocenters. The van der Waals surface area contributed by atoms with Gasteiger partial charge in [0.15, 0.2) is 5.82 Å². The van der Waals surface area contributed by atoms with Crippen molar-refractivity contribution >= 4 is 21.8 Å². The molecule has 6 aromatic carbocycles. The van der Waals surface area contributed by atoms with E-state index in [1.54, 1.807) is 0 Å². The zero-order valence-electron chi connectivity index (χ0n) is 27.8. The van der Waals surface area contributed by atoms with Gasteiger partial charge in [-0.25, -0.2) is 9.97 Å². The average molecular weight is 663 g/mol. The number of aromatic nitrogens is 2. The van der Waals surface area contributed by atoms with Crippen molar-refractivity contribution in [2.24, 2.45) is 0 Å². The highest BCUT2D eigenvalue weighted by Gasteiger charge is 2.36. The van der Waals surface area contributed by atoms with E-state index in [0.29, 0.717) is 15.9 Å². The van der Waals surface area contributed by atoms with Crippen LogP contribution >= 0.6 is 11.8 Å². The number of hydrogen-bond acceptors (Lipinski definition) is 5. The van der Waals surface area contributed by atoms with E-state index < -0.39 is 0 Å². The maximum Gasteiger partial charge on any atom is 0.160 e. The Morgan fingerprint density at radius 3 is 1.64 bits per heavy atom. The van der Waals surface area contributed by atoms with Crippen LogP contribution in [-0.2, 0) is 5.41 Å². The number of nitrogens with zero attached hydrogens (tertiary/aromatic N) is 2. The Kier molecular flexibility index (Phi) is 8.06. The molecule has 0 amide bonds. The van der Waals surface area contributed by atoms with E-state index in [-0.39, 0.29) is 5.41 Å². The van der Waals surface area contributed by atoms with Crippen LogP contribution in [0.15, 0.2) is 158 Å². The number of nitrogens with one attached hydrogen (secondary N) is 2. The molecule has 5 heteroatoms. The maximum atomic E-state index is 9.07. The van der Waals surface area contributed by atoms with Gasteiger partial charge in [0.2, 0.25) is 0 Å². The molecule has 1 aliphatic carbocycles. The van der Waals surface area contributed by atoms with Gasteiger partial charge in [0.05, 0.1) is 11.4 Å². The first kappa shape index (κ1) is 31.4. The minimum Gasteiger partial charge on any atom is -0.293 e. The fraction of sp³-hybridized carbons (Fsp3) is 0.0667. The molecule has 0 saturated heterocycles. The van der Waals surface area contributed by atoms with Gasteiger partial charge in [0.1, 0.15) is 10.1 Å². The third kappa shape index (κ3) is 5.86. The van der Waals surface area contributed by atoms with Gasteiger partial charge in [0, 0.05) is 33.2 Å². The van der Waals surface area contributed by atoms with E-state index in [9.17, 15) is 0 Å². The van der Waals surface area contributed by atoms with Crippen LogP contribution in [0.25, 0.3) is 56.2 Å². The third-order valence-electron chi connectivity index (χ3n) is 9.50. The van der Waals surface area contributed by atoms with Crippen molar-refractivity contribution in [1.82, 2.24) is 9.97 Å². The molecule has 4 nitrogen and oxygen atoms in total. The molecule has 2 N–H and O–H groups in total. The molecule has 7 aromatic rings. The first-order valence-corrected chi connectivity index (χ1v) is 17.5. The summed E-state index contributed by atoms with van der Waals surface area (Å²) in [6, 6.07) is 53.6. The molecule has 1 heterocycles. The predicted octanol–water partition coefficient (Wildman–Crippen LogP) is 11.5. The van der Waals surface area contributed by atoms with Gasteiger partial charge < -0.3 is 0 Å². The van der Waals surface area contributed by atoms with Gasteiger partial charge in [0.25, 0.3) is 0 Å². The van der Waals surface area contributed by atoms with Gasteiger partial charge in [-0.15, -0.1) is 0 Å². The van der Waals surface area contributed by atoms with Gasteiger partial charge in [-0.1, -0.05) is 159 Å². The van der Waals surface area contributed by atoms with E-state index in [0.717, 1.165) is 39.2 Å². The zero-order valence-corrected chi connectivity index (χ0v) is 28.6. The fourth-order valence-electron chi connectivity index (χ4n) is 6.80. The van der Waals surface area contributed by atoms with Crippen LogP contribution in [0.4, 0.5) is 0 Å². The Morgan fingerprint density at radius 2 is 0.980 bits per heavy atom. The van der Waals surface area contributed by atoms with Crippen molar-refractivity contribution in [1.29, 1.82) is 10.8 Å². The molecule has 0 aliphatic heterocycles. The Morgan fingerprint density at radius 1 is 0.460 bits per heavy atom. The van der Waals surface area contributed by atoms with Gasteiger partial charge >= 0.3 is 0 Å². The smallest absolute Gasteiger partial charge is 0.160 e. The summed E-state index contributed by atoms with van der Waals surface area (Å²) >= 11 is 1.17. The van der Waals surface area contributed by atoms with Crippen molar-refractivity contribution in [3.05, 3.63) is 180 Å². The molecule has 0 spiro atoms. The second kappa shape index (κ2) is 12.8. The number of fused-ring (bicyclic) bond motifs is 3. The summed E-state index contributed by atoms with van der Waals surface area (Å²) in [6.07, 6.45) is 0. The summed E-state index contributed by atoms with van der Waals surface area (Å²) in [5, 5.41) is 18.8. The molecule has 0 atom stereocenters. The second-order valence-electron chi connectivity index (χ2n) is 13.0. The minimum absolute atomic E-state index is 0.215. The standard InChI is InChI=1S/C45H34N4S/c1-45(2)38-26-32(29-13-6-3-7-14-29)21-23-36(38)37-24-22-35(27-39(37)45)43(47)50-42(46)34-20-12-19-33(25-34)41-28-40(30-15-8-4-9-16-30)48-44(49-41)31-17-10-5-11-18-31/h3-28,46-47H,1-2H3. The molecule has 8 rings (SSSR count). The number of rotatable bonds is 6. The van der Waals surface area contributed by atoms with Crippen molar-refractivity contribution in [3.8, 4) is 56.2 Å². The highest BCUT2D eigenvalue weighted by molar-refractivity contribution is 8.27. The zero-order chi connectivity index (χ0) is 34.2. The summed E-state index contributed by atoms with van der Waals surface area (Å²) in [7, 11) is 0. The second-order valence-corrected chi connectivity index (χ2v) is 14.1. The molecular formula is C45H34N4S. The van der Waals surface area contributed by atoms with Crippen LogP contribution in [0, 0.1) is 10.8 Å². The van der Waals surface area contributed by atoms with Crippen molar-refractivity contribution in [3.63, 3.8) is 0 Å². The maximum absolute atomic E-state index is 9.07. The van der Waals surface area contributed by atoms with Crippen molar-refractivity contribution in [2.75, 3.05) is 0 Å². The lowest BCUT2D eigenvalue weighted by Gasteiger charge is -2.22. The highest BCUT2D eigenvalue weighted by atomic mass is 32.2. The Balaban J connectivity index is 1.06. The summed E-state index contributed by atoms with van der Waals surface area (Å²) in [5.74, 6) is 0.650. The van der Waals surface area contributed by atoms with E-state index in [2.05, 4.69) is 80.6 Å². The van der Waals surface area contributed by atoms with Crippen LogP contribution in [0.5, 0.6) is 0 Å². The topological polar surface area (TPSA) is 73.5 Å². The monoisotopic (exact) mass is 662 g/mol. The number of benzene rings is 6. The van der Waals surface area contributed by atoms with E-state index in [4.69, 9.17) is 20.8 Å². The van der Waals surface area contributed by atoms with E-state index in [1.807, 2.05) is 91.0 Å². The van der Waals surface area contributed by atoms with Crippen molar-refractivity contribution < 1.29 is 0 Å². The van der Waals surface area contributed by atoms with Crippen LogP contribution < -0.4 is 0 Å². The van der Waals surface area contributed by atoms with Gasteiger partial charge in [-0.3, -0.25) is 10.8 Å². The van der Waals surface area contributed by atoms with Gasteiger partial charge in [-0.2, -0.15) is 0 Å². The van der Waals surface area contributed by atoms with Crippen LogP contribution in [0.3, 0.4) is 0 Å². The molecular weight excluding hydrogens is 629 g/mol. The molecule has 0 saturated carbocycles. The molecule has 1 aliphatic rings. The predicted molar refractivity (Wildman–Crippen MR) is 209 cm³/mol. The third-order valence-corrected chi connectivity index (χ3v) is 10.4. The van der Waals surface area contributed by atoms with Crippen LogP contribution in [-0.4, -0.2) is 20.1 Å². The molecule has 1 aromatic heterocycles. The average Bonchev–Trinajstić information content (AvgIpc) is 3.40. The molecule has 0 radical (unpaired) electrons. The quantitative estimate of drug-likeness (QED) is 0.137. The lowest BCUT2D eigenvalue weighted by Crippen LogP contribution is -2.15. The Labute approximate surface area is 297 Å².